The van der Waals surface area contributed by atoms with Gasteiger partial charge in [-0.15, -0.1) is 18.3 Å². The average molecular weight is 298 g/mol. The summed E-state index contributed by atoms with van der Waals surface area (Å²) in [5.41, 5.74) is 0. The van der Waals surface area contributed by atoms with E-state index in [1.54, 1.807) is 41.5 Å². The van der Waals surface area contributed by atoms with Crippen molar-refractivity contribution in [2.24, 2.45) is 0 Å². The van der Waals surface area contributed by atoms with Crippen molar-refractivity contribution in [3.63, 3.8) is 0 Å². The molecule has 0 aromatic rings. The standard InChI is InChI=1S/C3H6O2.3C3H7O.Ti/c1-3(4)5-2;3*1-3(2)4;/h4H,1H2,2H3;3*3H,1-2H3;/q;3*-1;+4/p-1. The van der Waals surface area contributed by atoms with Crippen LogP contribution in [0, 0.1) is 0 Å². The fourth-order valence-electron chi connectivity index (χ4n) is 0. The minimum absolute atomic E-state index is 0. The first-order chi connectivity index (χ1) is 7.47. The minimum atomic E-state index is -0.495. The zero-order valence-electron chi connectivity index (χ0n) is 12.5. The van der Waals surface area contributed by atoms with Gasteiger partial charge in [0.15, 0.2) is 0 Å². The van der Waals surface area contributed by atoms with Gasteiger partial charge in [-0.2, -0.15) is 0 Å². The zero-order valence-corrected chi connectivity index (χ0v) is 14.0. The van der Waals surface area contributed by atoms with Crippen LogP contribution >= 0.6 is 0 Å². The monoisotopic (exact) mass is 298 g/mol. The van der Waals surface area contributed by atoms with Crippen molar-refractivity contribution in [2.45, 2.75) is 59.9 Å². The summed E-state index contributed by atoms with van der Waals surface area (Å²) in [6.45, 7) is 12.6. The predicted octanol–water partition coefficient (Wildman–Crippen LogP) is -1.27. The average Bonchev–Trinajstić information content (AvgIpc) is 2.00. The molecule has 0 N–H and O–H groups in total. The second kappa shape index (κ2) is 25.7. The van der Waals surface area contributed by atoms with E-state index in [0.29, 0.717) is 0 Å². The molecule has 5 nitrogen and oxygen atoms in total. The van der Waals surface area contributed by atoms with Crippen LogP contribution in [0.5, 0.6) is 0 Å². The van der Waals surface area contributed by atoms with Gasteiger partial charge in [0.25, 0.3) is 0 Å². The van der Waals surface area contributed by atoms with Gasteiger partial charge < -0.3 is 25.2 Å². The third-order valence-corrected chi connectivity index (χ3v) is 0.228. The van der Waals surface area contributed by atoms with E-state index in [4.69, 9.17) is 0 Å². The van der Waals surface area contributed by atoms with Crippen molar-refractivity contribution in [1.29, 1.82) is 0 Å². The van der Waals surface area contributed by atoms with Crippen molar-refractivity contribution < 1.29 is 46.9 Å². The van der Waals surface area contributed by atoms with Gasteiger partial charge in [-0.1, -0.05) is 48.1 Å². The summed E-state index contributed by atoms with van der Waals surface area (Å²) in [5.74, 6) is -0.495. The largest absolute Gasteiger partial charge is 4.00 e. The van der Waals surface area contributed by atoms with Crippen LogP contribution in [-0.2, 0) is 26.5 Å². The number of methoxy groups -OCH3 is 1. The summed E-state index contributed by atoms with van der Waals surface area (Å²) in [4.78, 5) is 0. The minimum Gasteiger partial charge on any atom is -0.852 e. The van der Waals surface area contributed by atoms with Gasteiger partial charge in [0.05, 0.1) is 0 Å². The first-order valence-electron chi connectivity index (χ1n) is 5.34. The topological polar surface area (TPSA) is 101 Å². The summed E-state index contributed by atoms with van der Waals surface area (Å²) < 4.78 is 4.00. The van der Waals surface area contributed by atoms with Crippen LogP contribution in [0.15, 0.2) is 12.5 Å². The molecule has 0 aliphatic carbocycles. The Morgan fingerprint density at radius 1 is 0.833 bits per heavy atom. The molecule has 18 heavy (non-hydrogen) atoms. The van der Waals surface area contributed by atoms with Crippen LogP contribution in [0.3, 0.4) is 0 Å². The smallest absolute Gasteiger partial charge is 0.852 e. The molecule has 0 aromatic heterocycles. The molecule has 0 bridgehead atoms. The SMILES string of the molecule is C=C([O-])OC.CC(C)[O-].CC(C)[O-].CC(C)[O-].[Ti+4]. The molecule has 108 valence electrons. The normalized spacial score (nSPS) is 7.83. The van der Waals surface area contributed by atoms with Crippen molar-refractivity contribution in [3.8, 4) is 0 Å². The first-order valence-corrected chi connectivity index (χ1v) is 5.34. The van der Waals surface area contributed by atoms with Gasteiger partial charge in [0.1, 0.15) is 0 Å². The Bertz CT molecular complexity index is 116. The Morgan fingerprint density at radius 3 is 0.889 bits per heavy atom. The van der Waals surface area contributed by atoms with Gasteiger partial charge in [-0.3, -0.25) is 0 Å². The van der Waals surface area contributed by atoms with Crippen LogP contribution < -0.4 is 20.4 Å². The molecule has 0 aliphatic heterocycles. The Morgan fingerprint density at radius 2 is 0.889 bits per heavy atom. The van der Waals surface area contributed by atoms with Crippen molar-refractivity contribution in [2.75, 3.05) is 7.11 Å². The Hall–Kier alpha value is -0.0657. The van der Waals surface area contributed by atoms with Gasteiger partial charge in [0.2, 0.25) is 0 Å². The second-order valence-corrected chi connectivity index (χ2v) is 3.72. The maximum atomic E-state index is 9.53. The first kappa shape index (κ1) is 30.7. The third-order valence-electron chi connectivity index (χ3n) is 0.228. The van der Waals surface area contributed by atoms with Gasteiger partial charge in [0, 0.05) is 5.95 Å². The molecular formula is C12H26O5Ti. The van der Waals surface area contributed by atoms with Crippen LogP contribution in [0.2, 0.25) is 0 Å². The summed E-state index contributed by atoms with van der Waals surface area (Å²) in [6.07, 6.45) is -1.25. The van der Waals surface area contributed by atoms with Gasteiger partial charge in [-0.25, -0.2) is 0 Å². The maximum Gasteiger partial charge on any atom is 4.00 e. The molecule has 0 heterocycles. The molecule has 0 aromatic carbocycles. The van der Waals surface area contributed by atoms with Crippen LogP contribution in [0.25, 0.3) is 0 Å². The van der Waals surface area contributed by atoms with E-state index in [1.165, 1.54) is 7.11 Å². The second-order valence-electron chi connectivity index (χ2n) is 3.72. The molecule has 0 saturated carbocycles. The molecule has 0 aliphatic rings. The Balaban J connectivity index is -0.0000000412. The molecule has 0 unspecified atom stereocenters. The van der Waals surface area contributed by atoms with Gasteiger partial charge >= 0.3 is 21.7 Å². The molecule has 0 rings (SSSR count). The molecule has 0 atom stereocenters. The van der Waals surface area contributed by atoms with E-state index in [2.05, 4.69) is 11.3 Å². The van der Waals surface area contributed by atoms with E-state index in [1.807, 2.05) is 0 Å². The maximum absolute atomic E-state index is 9.53. The Labute approximate surface area is 126 Å². The number of rotatable bonds is 1. The fourth-order valence-corrected chi connectivity index (χ4v) is 0. The molecule has 6 heteroatoms. The molecular weight excluding hydrogens is 272 g/mol. The van der Waals surface area contributed by atoms with E-state index in [0.717, 1.165) is 0 Å². The Kier molecular flexibility index (Phi) is 43.9. The van der Waals surface area contributed by atoms with Gasteiger partial charge in [-0.05, 0) is 7.11 Å². The summed E-state index contributed by atoms with van der Waals surface area (Å²) in [7, 11) is 1.29. The fraction of sp³-hybridized carbons (Fsp3) is 0.833. The molecule has 0 saturated heterocycles. The van der Waals surface area contributed by atoms with Crippen LogP contribution in [-0.4, -0.2) is 25.4 Å². The van der Waals surface area contributed by atoms with E-state index >= 15 is 0 Å². The van der Waals surface area contributed by atoms with E-state index in [-0.39, 0.29) is 21.7 Å². The van der Waals surface area contributed by atoms with Crippen molar-refractivity contribution in [1.82, 2.24) is 0 Å². The summed E-state index contributed by atoms with van der Waals surface area (Å²) in [6, 6.07) is 0. The van der Waals surface area contributed by atoms with E-state index < -0.39 is 24.3 Å². The summed E-state index contributed by atoms with van der Waals surface area (Å²) >= 11 is 0. The van der Waals surface area contributed by atoms with Crippen LogP contribution in [0.1, 0.15) is 41.5 Å². The molecule has 0 fully saturated rings. The zero-order chi connectivity index (χ0) is 15.0. The predicted molar refractivity (Wildman–Crippen MR) is 61.6 cm³/mol. The van der Waals surface area contributed by atoms with E-state index in [9.17, 15) is 20.4 Å². The number of ether oxygens (including phenoxy) is 1. The third kappa shape index (κ3) is 950. The van der Waals surface area contributed by atoms with Crippen molar-refractivity contribution >= 4 is 0 Å². The quantitative estimate of drug-likeness (QED) is 0.443. The van der Waals surface area contributed by atoms with Crippen molar-refractivity contribution in [3.05, 3.63) is 12.5 Å². The van der Waals surface area contributed by atoms with Crippen LogP contribution in [0.4, 0.5) is 0 Å². The molecule has 0 radical (unpaired) electrons. The number of hydrogen-bond donors (Lipinski definition) is 0. The molecule has 0 spiro atoms. The number of hydrogen-bond acceptors (Lipinski definition) is 5. The molecule has 0 amide bonds. The summed E-state index contributed by atoms with van der Waals surface area (Å²) in [5, 5.41) is 38.1.